The Labute approximate surface area is 104 Å². The summed E-state index contributed by atoms with van der Waals surface area (Å²) in [5.74, 6) is 1.90. The zero-order chi connectivity index (χ0) is 12.1. The van der Waals surface area contributed by atoms with Crippen LogP contribution >= 0.6 is 0 Å². The highest BCUT2D eigenvalue weighted by Crippen LogP contribution is 2.35. The molecule has 17 heavy (non-hydrogen) atoms. The number of ether oxygens (including phenoxy) is 1. The summed E-state index contributed by atoms with van der Waals surface area (Å²) in [4.78, 5) is 0. The molecule has 1 aromatic rings. The highest BCUT2D eigenvalue weighted by atomic mass is 16.5. The van der Waals surface area contributed by atoms with Gasteiger partial charge < -0.3 is 10.1 Å². The van der Waals surface area contributed by atoms with E-state index in [1.807, 2.05) is 13.0 Å². The van der Waals surface area contributed by atoms with Gasteiger partial charge in [-0.15, -0.1) is 0 Å². The molecule has 1 unspecified atom stereocenters. The van der Waals surface area contributed by atoms with E-state index in [9.17, 15) is 0 Å². The molecule has 1 saturated carbocycles. The molecule has 1 atom stereocenters. The summed E-state index contributed by atoms with van der Waals surface area (Å²) < 4.78 is 5.56. The second-order valence-corrected chi connectivity index (χ2v) is 4.88. The molecule has 1 fully saturated rings. The Bertz CT molecular complexity index is 347. The SMILES string of the molecule is CCOc1cccc(C(CC2CCC2)NC)c1. The Kier molecular flexibility index (Phi) is 4.43. The Morgan fingerprint density at radius 2 is 2.24 bits per heavy atom. The normalized spacial score (nSPS) is 17.5. The van der Waals surface area contributed by atoms with Crippen LogP contribution in [-0.4, -0.2) is 13.7 Å². The fourth-order valence-corrected chi connectivity index (χ4v) is 2.47. The van der Waals surface area contributed by atoms with Crippen molar-refractivity contribution in [1.82, 2.24) is 5.32 Å². The number of hydrogen-bond donors (Lipinski definition) is 1. The fraction of sp³-hybridized carbons (Fsp3) is 0.600. The van der Waals surface area contributed by atoms with Gasteiger partial charge in [0.25, 0.3) is 0 Å². The van der Waals surface area contributed by atoms with Crippen molar-refractivity contribution in [2.75, 3.05) is 13.7 Å². The van der Waals surface area contributed by atoms with Gasteiger partial charge in [0.2, 0.25) is 0 Å². The lowest BCUT2D eigenvalue weighted by atomic mass is 9.79. The molecule has 94 valence electrons. The fourth-order valence-electron chi connectivity index (χ4n) is 2.47. The van der Waals surface area contributed by atoms with Gasteiger partial charge in [-0.05, 0) is 44.0 Å². The van der Waals surface area contributed by atoms with E-state index in [1.165, 1.54) is 31.2 Å². The lowest BCUT2D eigenvalue weighted by molar-refractivity contribution is 0.265. The quantitative estimate of drug-likeness (QED) is 0.811. The van der Waals surface area contributed by atoms with E-state index in [0.717, 1.165) is 18.3 Å². The average molecular weight is 233 g/mol. The van der Waals surface area contributed by atoms with Crippen molar-refractivity contribution in [3.63, 3.8) is 0 Å². The summed E-state index contributed by atoms with van der Waals surface area (Å²) in [6.07, 6.45) is 5.48. The van der Waals surface area contributed by atoms with E-state index in [2.05, 4.69) is 30.6 Å². The van der Waals surface area contributed by atoms with E-state index in [1.54, 1.807) is 0 Å². The van der Waals surface area contributed by atoms with Crippen LogP contribution < -0.4 is 10.1 Å². The molecule has 0 radical (unpaired) electrons. The topological polar surface area (TPSA) is 21.3 Å². The maximum Gasteiger partial charge on any atom is 0.119 e. The van der Waals surface area contributed by atoms with Gasteiger partial charge >= 0.3 is 0 Å². The molecule has 0 heterocycles. The molecule has 0 bridgehead atoms. The maximum absolute atomic E-state index is 5.56. The first kappa shape index (κ1) is 12.4. The summed E-state index contributed by atoms with van der Waals surface area (Å²) in [7, 11) is 2.05. The van der Waals surface area contributed by atoms with Gasteiger partial charge in [-0.25, -0.2) is 0 Å². The van der Waals surface area contributed by atoms with Gasteiger partial charge in [-0.3, -0.25) is 0 Å². The Hall–Kier alpha value is -1.02. The molecule has 0 saturated heterocycles. The third-order valence-electron chi connectivity index (χ3n) is 3.71. The van der Waals surface area contributed by atoms with Crippen LogP contribution in [0.4, 0.5) is 0 Å². The van der Waals surface area contributed by atoms with E-state index in [-0.39, 0.29) is 0 Å². The lowest BCUT2D eigenvalue weighted by Gasteiger charge is -2.29. The van der Waals surface area contributed by atoms with Crippen LogP contribution in [0.1, 0.15) is 44.2 Å². The molecule has 1 aliphatic rings. The van der Waals surface area contributed by atoms with Gasteiger partial charge in [0.1, 0.15) is 5.75 Å². The molecule has 0 aliphatic heterocycles. The molecular weight excluding hydrogens is 210 g/mol. The van der Waals surface area contributed by atoms with Crippen molar-refractivity contribution in [3.8, 4) is 5.75 Å². The third kappa shape index (κ3) is 3.22. The molecular formula is C15H23NO. The molecule has 1 aromatic carbocycles. The molecule has 2 rings (SSSR count). The van der Waals surface area contributed by atoms with Crippen LogP contribution in [0, 0.1) is 5.92 Å². The van der Waals surface area contributed by atoms with Crippen molar-refractivity contribution < 1.29 is 4.74 Å². The minimum absolute atomic E-state index is 0.473. The van der Waals surface area contributed by atoms with Gasteiger partial charge in [0, 0.05) is 6.04 Å². The molecule has 0 aromatic heterocycles. The van der Waals surface area contributed by atoms with Crippen LogP contribution in [0.15, 0.2) is 24.3 Å². The number of benzene rings is 1. The largest absolute Gasteiger partial charge is 0.494 e. The van der Waals surface area contributed by atoms with E-state index < -0.39 is 0 Å². The standard InChI is InChI=1S/C15H23NO/c1-3-17-14-9-5-8-13(11-14)15(16-2)10-12-6-4-7-12/h5,8-9,11-12,15-16H,3-4,6-7,10H2,1-2H3. The molecule has 2 heteroatoms. The van der Waals surface area contributed by atoms with Crippen LogP contribution in [-0.2, 0) is 0 Å². The molecule has 0 spiro atoms. The highest BCUT2D eigenvalue weighted by Gasteiger charge is 2.22. The van der Waals surface area contributed by atoms with E-state index in [0.29, 0.717) is 6.04 Å². The van der Waals surface area contributed by atoms with Crippen LogP contribution in [0.3, 0.4) is 0 Å². The second-order valence-electron chi connectivity index (χ2n) is 4.88. The van der Waals surface area contributed by atoms with Gasteiger partial charge in [0.15, 0.2) is 0 Å². The predicted molar refractivity (Wildman–Crippen MR) is 71.4 cm³/mol. The third-order valence-corrected chi connectivity index (χ3v) is 3.71. The van der Waals surface area contributed by atoms with Crippen LogP contribution in [0.2, 0.25) is 0 Å². The monoisotopic (exact) mass is 233 g/mol. The van der Waals surface area contributed by atoms with Gasteiger partial charge in [-0.1, -0.05) is 31.4 Å². The zero-order valence-electron chi connectivity index (χ0n) is 10.9. The van der Waals surface area contributed by atoms with Crippen molar-refractivity contribution in [2.45, 2.75) is 38.6 Å². The number of nitrogens with one attached hydrogen (secondary N) is 1. The smallest absolute Gasteiger partial charge is 0.119 e. The van der Waals surface area contributed by atoms with Crippen LogP contribution in [0.25, 0.3) is 0 Å². The Morgan fingerprint density at radius 1 is 1.41 bits per heavy atom. The van der Waals surface area contributed by atoms with Gasteiger partial charge in [-0.2, -0.15) is 0 Å². The Morgan fingerprint density at radius 3 is 2.82 bits per heavy atom. The average Bonchev–Trinajstić information content (AvgIpc) is 2.29. The minimum atomic E-state index is 0.473. The number of rotatable bonds is 6. The van der Waals surface area contributed by atoms with Crippen molar-refractivity contribution >= 4 is 0 Å². The van der Waals surface area contributed by atoms with E-state index >= 15 is 0 Å². The molecule has 2 nitrogen and oxygen atoms in total. The molecule has 0 amide bonds. The lowest BCUT2D eigenvalue weighted by Crippen LogP contribution is -2.23. The minimum Gasteiger partial charge on any atom is -0.494 e. The first-order chi connectivity index (χ1) is 8.33. The summed E-state index contributed by atoms with van der Waals surface area (Å²) in [5, 5.41) is 3.43. The summed E-state index contributed by atoms with van der Waals surface area (Å²) in [6, 6.07) is 8.96. The summed E-state index contributed by atoms with van der Waals surface area (Å²) in [5.41, 5.74) is 1.35. The van der Waals surface area contributed by atoms with E-state index in [4.69, 9.17) is 4.74 Å². The highest BCUT2D eigenvalue weighted by molar-refractivity contribution is 5.30. The summed E-state index contributed by atoms with van der Waals surface area (Å²) in [6.45, 7) is 2.76. The van der Waals surface area contributed by atoms with Crippen molar-refractivity contribution in [3.05, 3.63) is 29.8 Å². The summed E-state index contributed by atoms with van der Waals surface area (Å²) >= 11 is 0. The molecule has 1 aliphatic carbocycles. The van der Waals surface area contributed by atoms with Gasteiger partial charge in [0.05, 0.1) is 6.61 Å². The first-order valence-corrected chi connectivity index (χ1v) is 6.73. The predicted octanol–water partition coefficient (Wildman–Crippen LogP) is 3.54. The zero-order valence-corrected chi connectivity index (χ0v) is 10.9. The maximum atomic E-state index is 5.56. The first-order valence-electron chi connectivity index (χ1n) is 6.73. The second kappa shape index (κ2) is 6.06. The molecule has 1 N–H and O–H groups in total. The van der Waals surface area contributed by atoms with Crippen molar-refractivity contribution in [2.24, 2.45) is 5.92 Å². The van der Waals surface area contributed by atoms with Crippen molar-refractivity contribution in [1.29, 1.82) is 0 Å². The Balaban J connectivity index is 2.03. The van der Waals surface area contributed by atoms with Crippen LogP contribution in [0.5, 0.6) is 5.75 Å². The number of hydrogen-bond acceptors (Lipinski definition) is 2.